The second-order valence-electron chi connectivity index (χ2n) is 16.1. The van der Waals surface area contributed by atoms with Crippen LogP contribution in [0.25, 0.3) is 0 Å². The van der Waals surface area contributed by atoms with Crippen LogP contribution < -0.4 is 9.64 Å². The van der Waals surface area contributed by atoms with E-state index in [-0.39, 0.29) is 16.2 Å². The molecule has 44 heavy (non-hydrogen) atoms. The van der Waals surface area contributed by atoms with Crippen LogP contribution in [0.15, 0.2) is 91.0 Å². The summed E-state index contributed by atoms with van der Waals surface area (Å²) in [6.45, 7) is 9.73. The van der Waals surface area contributed by atoms with Gasteiger partial charge in [-0.1, -0.05) is 82.3 Å². The van der Waals surface area contributed by atoms with Crippen LogP contribution in [0.2, 0.25) is 0 Å². The predicted octanol–water partition coefficient (Wildman–Crippen LogP) is 11.4. The maximum atomic E-state index is 6.93. The zero-order valence-corrected chi connectivity index (χ0v) is 26.8. The molecule has 0 saturated heterocycles. The third kappa shape index (κ3) is 3.66. The Morgan fingerprint density at radius 1 is 0.568 bits per heavy atom. The van der Waals surface area contributed by atoms with Crippen molar-refractivity contribution < 1.29 is 4.74 Å². The molecule has 5 aliphatic carbocycles. The van der Waals surface area contributed by atoms with Crippen LogP contribution in [0.5, 0.6) is 11.5 Å². The van der Waals surface area contributed by atoms with E-state index in [2.05, 4.69) is 124 Å². The van der Waals surface area contributed by atoms with Gasteiger partial charge in [0.1, 0.15) is 11.5 Å². The van der Waals surface area contributed by atoms with Crippen molar-refractivity contribution >= 4 is 17.1 Å². The summed E-state index contributed by atoms with van der Waals surface area (Å²) in [4.78, 5) is 2.51. The maximum Gasteiger partial charge on any atom is 0.133 e. The van der Waals surface area contributed by atoms with Crippen LogP contribution in [0.3, 0.4) is 0 Å². The van der Waals surface area contributed by atoms with Crippen LogP contribution in [0, 0.1) is 23.7 Å². The number of ether oxygens (including phenoxy) is 1. The van der Waals surface area contributed by atoms with Crippen LogP contribution in [-0.4, -0.2) is 0 Å². The first-order chi connectivity index (χ1) is 21.3. The lowest BCUT2D eigenvalue weighted by molar-refractivity contribution is -0.0452. The van der Waals surface area contributed by atoms with Gasteiger partial charge in [0.2, 0.25) is 0 Å². The summed E-state index contributed by atoms with van der Waals surface area (Å²) in [6.07, 6.45) is 9.36. The molecule has 0 amide bonds. The minimum absolute atomic E-state index is 0.0750. The Balaban J connectivity index is 1.25. The van der Waals surface area contributed by atoms with E-state index < -0.39 is 0 Å². The summed E-state index contributed by atoms with van der Waals surface area (Å²) in [5.41, 5.74) is 9.86. The molecule has 1 aliphatic heterocycles. The molecular weight excluding hydrogens is 534 g/mol. The van der Waals surface area contributed by atoms with E-state index >= 15 is 0 Å². The van der Waals surface area contributed by atoms with Gasteiger partial charge in [-0.05, 0) is 121 Å². The van der Waals surface area contributed by atoms with Crippen molar-refractivity contribution in [3.8, 4) is 11.5 Å². The molecule has 4 fully saturated rings. The molecule has 1 spiro atoms. The number of benzene rings is 4. The van der Waals surface area contributed by atoms with Gasteiger partial charge in [0.25, 0.3) is 0 Å². The van der Waals surface area contributed by atoms with Crippen LogP contribution in [0.4, 0.5) is 17.1 Å². The second-order valence-corrected chi connectivity index (χ2v) is 16.1. The third-order valence-electron chi connectivity index (χ3n) is 12.7. The van der Waals surface area contributed by atoms with Gasteiger partial charge >= 0.3 is 0 Å². The van der Waals surface area contributed by atoms with E-state index in [4.69, 9.17) is 4.74 Å². The lowest BCUT2D eigenvalue weighted by Gasteiger charge is -2.63. The summed E-state index contributed by atoms with van der Waals surface area (Å²) < 4.78 is 6.93. The molecule has 0 atom stereocenters. The highest BCUT2D eigenvalue weighted by Gasteiger charge is 2.61. The van der Waals surface area contributed by atoms with E-state index in [9.17, 15) is 0 Å². The molecule has 0 radical (unpaired) electrons. The van der Waals surface area contributed by atoms with E-state index in [0.717, 1.165) is 23.3 Å². The number of para-hydroxylation sites is 2. The quantitative estimate of drug-likeness (QED) is 0.239. The minimum Gasteiger partial charge on any atom is -0.457 e. The molecule has 0 aromatic heterocycles. The zero-order valence-electron chi connectivity index (χ0n) is 26.8. The van der Waals surface area contributed by atoms with Gasteiger partial charge in [-0.15, -0.1) is 0 Å². The van der Waals surface area contributed by atoms with Crippen molar-refractivity contribution in [1.82, 2.24) is 0 Å². The Morgan fingerprint density at radius 3 is 1.95 bits per heavy atom. The summed E-state index contributed by atoms with van der Waals surface area (Å²) in [5, 5.41) is 0. The van der Waals surface area contributed by atoms with Gasteiger partial charge in [0.15, 0.2) is 0 Å². The summed E-state index contributed by atoms with van der Waals surface area (Å²) in [7, 11) is 0. The molecule has 4 aromatic carbocycles. The SMILES string of the molecule is CC1(C)CCC(C)(C)c2c(N(c3ccccc3)c3ccc4c(c3)Oc3ccccc3C43C4CC5CC(C4)CC3C5)cccc21. The lowest BCUT2D eigenvalue weighted by atomic mass is 9.42. The van der Waals surface area contributed by atoms with Crippen LogP contribution in [0.1, 0.15) is 94.9 Å². The van der Waals surface area contributed by atoms with Gasteiger partial charge in [0, 0.05) is 34.0 Å². The first-order valence-electron chi connectivity index (χ1n) is 17.2. The standard InChI is InChI=1S/C42H45NO/c1-40(2)19-20-41(3,4)39-35(40)14-10-15-36(39)43(31-11-6-5-7-12-31)32-17-18-34-38(26-32)44-37-16-9-8-13-33(37)42(34)29-22-27-21-28(24-29)25-30(42)23-27/h5-18,26-30H,19-25H2,1-4H3. The van der Waals surface area contributed by atoms with Gasteiger partial charge in [-0.3, -0.25) is 0 Å². The molecular formula is C42H45NO. The van der Waals surface area contributed by atoms with Crippen molar-refractivity contribution in [2.45, 2.75) is 88.9 Å². The number of rotatable bonds is 3. The third-order valence-corrected chi connectivity index (χ3v) is 12.7. The Morgan fingerprint density at radius 2 is 1.20 bits per heavy atom. The molecule has 1 heterocycles. The smallest absolute Gasteiger partial charge is 0.133 e. The molecule has 10 rings (SSSR count). The van der Waals surface area contributed by atoms with Gasteiger partial charge in [-0.25, -0.2) is 0 Å². The zero-order chi connectivity index (χ0) is 29.8. The first kappa shape index (κ1) is 26.8. The van der Waals surface area contributed by atoms with Crippen molar-refractivity contribution in [3.05, 3.63) is 113 Å². The maximum absolute atomic E-state index is 6.93. The van der Waals surface area contributed by atoms with Crippen LogP contribution >= 0.6 is 0 Å². The fraction of sp³-hybridized carbons (Fsp3) is 0.429. The molecule has 4 bridgehead atoms. The Kier molecular flexibility index (Phi) is 5.65. The number of anilines is 3. The Bertz CT molecular complexity index is 1740. The molecule has 2 heteroatoms. The highest BCUT2D eigenvalue weighted by Crippen LogP contribution is 2.69. The Hall–Kier alpha value is -3.52. The molecule has 224 valence electrons. The molecule has 4 saturated carbocycles. The molecule has 4 aromatic rings. The van der Waals surface area contributed by atoms with Gasteiger partial charge in [0.05, 0.1) is 5.69 Å². The number of hydrogen-bond acceptors (Lipinski definition) is 2. The normalized spacial score (nSPS) is 29.8. The lowest BCUT2D eigenvalue weighted by Crippen LogP contribution is -2.56. The largest absolute Gasteiger partial charge is 0.457 e. The average molecular weight is 580 g/mol. The highest BCUT2D eigenvalue weighted by molar-refractivity contribution is 5.82. The number of hydrogen-bond donors (Lipinski definition) is 0. The fourth-order valence-electron chi connectivity index (χ4n) is 10.9. The predicted molar refractivity (Wildman–Crippen MR) is 181 cm³/mol. The molecule has 6 aliphatic rings. The second kappa shape index (κ2) is 9.25. The minimum atomic E-state index is 0.0750. The highest BCUT2D eigenvalue weighted by atomic mass is 16.5. The van der Waals surface area contributed by atoms with E-state index in [1.165, 1.54) is 84.3 Å². The Labute approximate surface area is 263 Å². The van der Waals surface area contributed by atoms with Crippen molar-refractivity contribution in [1.29, 1.82) is 0 Å². The monoisotopic (exact) mass is 579 g/mol. The summed E-state index contributed by atoms with van der Waals surface area (Å²) in [6, 6.07) is 34.3. The molecule has 0 unspecified atom stereocenters. The fourth-order valence-corrected chi connectivity index (χ4v) is 10.9. The van der Waals surface area contributed by atoms with E-state index in [0.29, 0.717) is 11.8 Å². The topological polar surface area (TPSA) is 12.5 Å². The molecule has 2 nitrogen and oxygen atoms in total. The van der Waals surface area contributed by atoms with E-state index in [1.807, 2.05) is 0 Å². The average Bonchev–Trinajstić information content (AvgIpc) is 3.02. The van der Waals surface area contributed by atoms with E-state index in [1.54, 1.807) is 0 Å². The molecule has 0 N–H and O–H groups in total. The summed E-state index contributed by atoms with van der Waals surface area (Å²) >= 11 is 0. The van der Waals surface area contributed by atoms with Crippen LogP contribution in [-0.2, 0) is 16.2 Å². The van der Waals surface area contributed by atoms with Crippen molar-refractivity contribution in [3.63, 3.8) is 0 Å². The van der Waals surface area contributed by atoms with Gasteiger partial charge < -0.3 is 9.64 Å². The first-order valence-corrected chi connectivity index (χ1v) is 17.2. The van der Waals surface area contributed by atoms with Crippen molar-refractivity contribution in [2.75, 3.05) is 4.90 Å². The van der Waals surface area contributed by atoms with Crippen molar-refractivity contribution in [2.24, 2.45) is 23.7 Å². The summed E-state index contributed by atoms with van der Waals surface area (Å²) in [5.74, 6) is 5.41. The number of nitrogens with zero attached hydrogens (tertiary/aromatic N) is 1. The van der Waals surface area contributed by atoms with Gasteiger partial charge in [-0.2, -0.15) is 0 Å². The number of fused-ring (bicyclic) bond motifs is 3.